The molecule has 1 saturated heterocycles. The Labute approximate surface area is 316 Å². The van der Waals surface area contributed by atoms with Gasteiger partial charge in [-0.25, -0.2) is 14.8 Å². The van der Waals surface area contributed by atoms with Gasteiger partial charge in [-0.3, -0.25) is 0 Å². The molecule has 0 bridgehead atoms. The highest BCUT2D eigenvalue weighted by molar-refractivity contribution is 6.74. The number of hydrogen-bond donors (Lipinski definition) is 0. The van der Waals surface area contributed by atoms with Crippen LogP contribution in [0.5, 0.6) is 0 Å². The molecular formula is C40H44Cl3N3O4Si. The highest BCUT2D eigenvalue weighted by Crippen LogP contribution is 2.47. The van der Waals surface area contributed by atoms with Crippen molar-refractivity contribution in [1.29, 1.82) is 0 Å². The van der Waals surface area contributed by atoms with E-state index < -0.39 is 32.7 Å². The molecule has 0 saturated carbocycles. The van der Waals surface area contributed by atoms with Crippen molar-refractivity contribution in [2.75, 3.05) is 6.61 Å². The van der Waals surface area contributed by atoms with Gasteiger partial charge < -0.3 is 18.5 Å². The Hall–Kier alpha value is -3.24. The first-order chi connectivity index (χ1) is 24.2. The number of ether oxygens (including phenoxy) is 2. The third kappa shape index (κ3) is 7.78. The van der Waals surface area contributed by atoms with Crippen molar-refractivity contribution in [2.45, 2.75) is 77.6 Å². The monoisotopic (exact) mass is 763 g/mol. The summed E-state index contributed by atoms with van der Waals surface area (Å²) in [6.07, 6.45) is 2.46. The molecule has 0 aliphatic carbocycles. The van der Waals surface area contributed by atoms with E-state index in [4.69, 9.17) is 48.7 Å². The predicted molar refractivity (Wildman–Crippen MR) is 208 cm³/mol. The summed E-state index contributed by atoms with van der Waals surface area (Å²) in [5.74, 6) is -0.500. The molecule has 7 nitrogen and oxygen atoms in total. The maximum absolute atomic E-state index is 13.8. The molecule has 0 N–H and O–H groups in total. The van der Waals surface area contributed by atoms with Gasteiger partial charge in [-0.05, 0) is 77.0 Å². The molecule has 1 aliphatic rings. The van der Waals surface area contributed by atoms with Gasteiger partial charge >= 0.3 is 5.97 Å². The number of fused-ring (bicyclic) bond motifs is 1. The highest BCUT2D eigenvalue weighted by atomic mass is 35.5. The number of carbonyl (C=O) groups excluding carboxylic acids is 1. The van der Waals surface area contributed by atoms with Crippen molar-refractivity contribution in [3.63, 3.8) is 0 Å². The van der Waals surface area contributed by atoms with Crippen LogP contribution in [-0.4, -0.2) is 41.5 Å². The Bertz CT molecular complexity index is 2010. The van der Waals surface area contributed by atoms with Gasteiger partial charge in [0.1, 0.15) is 29.5 Å². The van der Waals surface area contributed by atoms with E-state index >= 15 is 0 Å². The number of halogens is 3. The summed E-state index contributed by atoms with van der Waals surface area (Å²) >= 11 is 19.5. The number of hydrogen-bond acceptors (Lipinski definition) is 6. The van der Waals surface area contributed by atoms with Crippen molar-refractivity contribution in [2.24, 2.45) is 11.8 Å². The summed E-state index contributed by atoms with van der Waals surface area (Å²) in [5, 5.41) is 2.05. The summed E-state index contributed by atoms with van der Waals surface area (Å²) in [4.78, 5) is 22.8. The van der Waals surface area contributed by atoms with Gasteiger partial charge in [0.25, 0.3) is 0 Å². The van der Waals surface area contributed by atoms with Crippen LogP contribution in [0.1, 0.15) is 68.4 Å². The Balaban J connectivity index is 1.30. The third-order valence-corrected chi connectivity index (χ3v) is 16.2. The lowest BCUT2D eigenvalue weighted by Gasteiger charge is -2.36. The molecule has 1 aliphatic heterocycles. The molecular weight excluding hydrogens is 721 g/mol. The summed E-state index contributed by atoms with van der Waals surface area (Å²) in [7, 11) is -1.95. The zero-order valence-corrected chi connectivity index (χ0v) is 33.3. The van der Waals surface area contributed by atoms with Crippen LogP contribution in [0.2, 0.25) is 33.3 Å². The lowest BCUT2D eigenvalue weighted by atomic mass is 9.88. The molecule has 0 amide bonds. The molecule has 6 rings (SSSR count). The quantitative estimate of drug-likeness (QED) is 0.0801. The van der Waals surface area contributed by atoms with E-state index in [1.165, 1.54) is 6.33 Å². The Morgan fingerprint density at radius 2 is 1.61 bits per heavy atom. The Kier molecular flexibility index (Phi) is 11.0. The topological polar surface area (TPSA) is 75.5 Å². The van der Waals surface area contributed by atoms with E-state index in [1.54, 1.807) is 24.3 Å². The maximum atomic E-state index is 13.8. The van der Waals surface area contributed by atoms with Gasteiger partial charge in [0.05, 0.1) is 21.0 Å². The lowest BCUT2D eigenvalue weighted by Crippen LogP contribution is -2.41. The maximum Gasteiger partial charge on any atom is 0.338 e. The van der Waals surface area contributed by atoms with Crippen LogP contribution in [0.25, 0.3) is 22.2 Å². The van der Waals surface area contributed by atoms with Crippen molar-refractivity contribution >= 4 is 60.1 Å². The van der Waals surface area contributed by atoms with Crippen molar-refractivity contribution in [1.82, 2.24) is 14.5 Å². The van der Waals surface area contributed by atoms with Gasteiger partial charge in [-0.1, -0.05) is 118 Å². The van der Waals surface area contributed by atoms with Gasteiger partial charge in [0.15, 0.2) is 14.4 Å². The SMILES string of the molecule is C[C@@H]1[C@H](C)[C@@H]([C@H](OC(=O)c2ccc(-c3ccccc3)cc2)c2ccc(Cl)c(Cl)c2)O[C@H]1n1cc(CCO[Si](C)(C)C(C)(C)C)c2c(Cl)ncnc21. The van der Waals surface area contributed by atoms with Crippen LogP contribution in [0.4, 0.5) is 0 Å². The molecule has 11 heteroatoms. The molecule has 0 radical (unpaired) electrons. The lowest BCUT2D eigenvalue weighted by molar-refractivity contribution is -0.0792. The molecule has 1 fully saturated rings. The standard InChI is InChI=1S/C40H44Cl3N3O4Si/c1-24-25(2)38(46-22-30(33-36(43)44-23-45-37(33)46)19-20-48-51(6,7)40(3,4)5)49-34(24)35(29-17-18-31(41)32(42)21-29)50-39(47)28-15-13-27(14-16-28)26-11-9-8-10-12-26/h8-18,21-25,34-35,38H,19-20H2,1-7H3/t24-,25+,34-,35+,38+/m0/s1. The van der Waals surface area contributed by atoms with Crippen LogP contribution in [-0.2, 0) is 20.3 Å². The number of nitrogens with zero attached hydrogens (tertiary/aromatic N) is 3. The molecule has 51 heavy (non-hydrogen) atoms. The average molecular weight is 765 g/mol. The van der Waals surface area contributed by atoms with Crippen LogP contribution < -0.4 is 0 Å². The van der Waals surface area contributed by atoms with E-state index in [9.17, 15) is 4.79 Å². The number of carbonyl (C=O) groups is 1. The summed E-state index contributed by atoms with van der Waals surface area (Å²) in [5.41, 5.74) is 4.87. The minimum Gasteiger partial charge on any atom is -0.451 e. The smallest absolute Gasteiger partial charge is 0.338 e. The Morgan fingerprint density at radius 1 is 0.922 bits per heavy atom. The second-order valence-corrected chi connectivity index (χ2v) is 20.9. The normalized spacial score (nSPS) is 20.1. The predicted octanol–water partition coefficient (Wildman–Crippen LogP) is 11.4. The number of rotatable bonds is 10. The average Bonchev–Trinajstić information content (AvgIpc) is 3.61. The van der Waals surface area contributed by atoms with Crippen LogP contribution >= 0.6 is 34.8 Å². The van der Waals surface area contributed by atoms with Crippen LogP contribution in [0, 0.1) is 11.8 Å². The van der Waals surface area contributed by atoms with E-state index in [1.807, 2.05) is 53.1 Å². The molecule has 268 valence electrons. The summed E-state index contributed by atoms with van der Waals surface area (Å²) in [6, 6.07) is 22.7. The highest BCUT2D eigenvalue weighted by Gasteiger charge is 2.47. The fourth-order valence-corrected chi connectivity index (χ4v) is 8.00. The van der Waals surface area contributed by atoms with E-state index in [0.717, 1.165) is 22.1 Å². The van der Waals surface area contributed by atoms with Crippen molar-refractivity contribution < 1.29 is 18.7 Å². The fourth-order valence-electron chi connectivity index (χ4n) is 6.40. The minimum atomic E-state index is -1.95. The molecule has 3 aromatic carbocycles. The summed E-state index contributed by atoms with van der Waals surface area (Å²) < 4.78 is 21.8. The number of benzene rings is 3. The molecule has 0 unspecified atom stereocenters. The van der Waals surface area contributed by atoms with E-state index in [0.29, 0.717) is 45.0 Å². The first kappa shape index (κ1) is 37.5. The molecule has 2 aromatic heterocycles. The first-order valence-corrected chi connectivity index (χ1v) is 21.3. The number of aromatic nitrogens is 3. The van der Waals surface area contributed by atoms with Gasteiger partial charge in [-0.15, -0.1) is 0 Å². The van der Waals surface area contributed by atoms with Crippen molar-refractivity contribution in [3.8, 4) is 11.1 Å². The first-order valence-electron chi connectivity index (χ1n) is 17.3. The molecule has 3 heterocycles. The Morgan fingerprint density at radius 3 is 2.27 bits per heavy atom. The largest absolute Gasteiger partial charge is 0.451 e. The van der Waals surface area contributed by atoms with Gasteiger partial charge in [-0.2, -0.15) is 0 Å². The minimum absolute atomic E-state index is 0.00445. The third-order valence-electron chi connectivity index (χ3n) is 10.7. The van der Waals surface area contributed by atoms with Gasteiger partial charge in [0.2, 0.25) is 0 Å². The van der Waals surface area contributed by atoms with Crippen LogP contribution in [0.3, 0.4) is 0 Å². The molecule has 5 atom stereocenters. The fraction of sp³-hybridized carbons (Fsp3) is 0.375. The van der Waals surface area contributed by atoms with E-state index in [2.05, 4.69) is 63.9 Å². The van der Waals surface area contributed by atoms with E-state index in [-0.39, 0.29) is 16.9 Å². The molecule has 5 aromatic rings. The number of esters is 1. The van der Waals surface area contributed by atoms with Gasteiger partial charge in [0, 0.05) is 18.7 Å². The second-order valence-electron chi connectivity index (χ2n) is 14.9. The second kappa shape index (κ2) is 15.0. The summed E-state index contributed by atoms with van der Waals surface area (Å²) in [6.45, 7) is 16.0. The van der Waals surface area contributed by atoms with Crippen LogP contribution in [0.15, 0.2) is 85.3 Å². The van der Waals surface area contributed by atoms with Crippen molar-refractivity contribution in [3.05, 3.63) is 117 Å². The molecule has 0 spiro atoms. The zero-order chi connectivity index (χ0) is 36.7. The zero-order valence-electron chi connectivity index (χ0n) is 30.0.